The minimum Gasteiger partial charge on any atom is -0.374 e. The maximum Gasteiger partial charge on any atom is 0.262 e. The molecule has 0 radical (unpaired) electrons. The van der Waals surface area contributed by atoms with Crippen LogP contribution < -0.4 is 0 Å². The minimum atomic E-state index is -1.21. The van der Waals surface area contributed by atoms with Gasteiger partial charge in [0, 0.05) is 45.6 Å². The molecular formula is C58H49F4N3O6. The van der Waals surface area contributed by atoms with Gasteiger partial charge >= 0.3 is 0 Å². The summed E-state index contributed by atoms with van der Waals surface area (Å²) in [4.78, 5) is 34.6. The number of hydrogen-bond acceptors (Lipinski definition) is 6. The van der Waals surface area contributed by atoms with E-state index in [1.54, 1.807) is 4.57 Å². The lowest BCUT2D eigenvalue weighted by Crippen LogP contribution is -2.49. The number of halogens is 4. The van der Waals surface area contributed by atoms with E-state index in [0.717, 1.165) is 51.4 Å². The summed E-state index contributed by atoms with van der Waals surface area (Å²) < 4.78 is 91.5. The Bertz CT molecular complexity index is 3480. The van der Waals surface area contributed by atoms with E-state index in [-0.39, 0.29) is 93.1 Å². The summed E-state index contributed by atoms with van der Waals surface area (Å²) in [6.45, 7) is 6.77. The van der Waals surface area contributed by atoms with Crippen LogP contribution in [0.25, 0.3) is 43.6 Å². The van der Waals surface area contributed by atoms with Crippen LogP contribution in [-0.4, -0.2) is 51.2 Å². The molecule has 7 aromatic carbocycles. The zero-order valence-corrected chi connectivity index (χ0v) is 39.2. The topological polar surface area (TPSA) is 95.0 Å². The number of fused-ring (bicyclic) bond motifs is 10. The zero-order chi connectivity index (χ0) is 49.1. The van der Waals surface area contributed by atoms with Crippen LogP contribution in [0.1, 0.15) is 82.0 Å². The number of aromatic amines is 1. The van der Waals surface area contributed by atoms with Gasteiger partial charge in [0.1, 0.15) is 6.10 Å². The number of amides is 2. The third kappa shape index (κ3) is 8.56. The predicted molar refractivity (Wildman–Crippen MR) is 263 cm³/mol. The summed E-state index contributed by atoms with van der Waals surface area (Å²) in [5.74, 6) is -6.09. The molecule has 2 aliphatic heterocycles. The van der Waals surface area contributed by atoms with Gasteiger partial charge in [-0.1, -0.05) is 136 Å². The molecule has 71 heavy (non-hydrogen) atoms. The van der Waals surface area contributed by atoms with Gasteiger partial charge in [0.25, 0.3) is 11.8 Å². The van der Waals surface area contributed by atoms with Gasteiger partial charge < -0.3 is 28.5 Å². The van der Waals surface area contributed by atoms with Crippen molar-refractivity contribution in [2.45, 2.75) is 83.5 Å². The van der Waals surface area contributed by atoms with Crippen LogP contribution in [-0.2, 0) is 50.7 Å². The summed E-state index contributed by atoms with van der Waals surface area (Å²) in [6, 6.07) is 40.4. The molecule has 2 amide bonds. The Morgan fingerprint density at radius 1 is 0.634 bits per heavy atom. The Morgan fingerprint density at radius 2 is 1.18 bits per heavy atom. The standard InChI is InChI=1S/C58H49F4N3O6/c1-58(2,3)37-21-19-33(20-22-37)28-64-55(66)50-48-39-24-41(59)43(61)26-45(39)63-52(48)53-49(51(50)56(64)67)40-25-42(60)44(62)27-46(40)65(53)57-54(70-31-36-17-11-6-12-18-36)47(69-30-35-15-9-5-10-16-35)23-38(71-57)32-68-29-34-13-7-4-8-14-34/h4-22,24-27,38,47,54,57,63H,23,28-32H2,1-3H3/t38-,47-,54+,57+/m0/s1. The molecule has 9 nitrogen and oxygen atoms in total. The average molecular weight is 960 g/mol. The van der Waals surface area contributed by atoms with Crippen molar-refractivity contribution in [3.8, 4) is 0 Å². The molecule has 0 spiro atoms. The summed E-state index contributed by atoms with van der Waals surface area (Å²) in [5.41, 5.74) is 4.67. The number of rotatable bonds is 13. The first-order valence-electron chi connectivity index (χ1n) is 23.6. The van der Waals surface area contributed by atoms with Crippen molar-refractivity contribution >= 4 is 55.4 Å². The Kier molecular flexibility index (Phi) is 12.1. The normalized spacial score (nSPS) is 18.4. The number of imide groups is 1. The maximum atomic E-state index is 16.0. The number of hydrogen-bond donors (Lipinski definition) is 1. The second kappa shape index (κ2) is 18.5. The first kappa shape index (κ1) is 46.2. The number of benzene rings is 7. The lowest BCUT2D eigenvalue weighted by Gasteiger charge is -2.42. The summed E-state index contributed by atoms with van der Waals surface area (Å²) >= 11 is 0. The molecule has 4 heterocycles. The van der Waals surface area contributed by atoms with Crippen LogP contribution in [0.5, 0.6) is 0 Å². The molecular weight excluding hydrogens is 911 g/mol. The first-order valence-corrected chi connectivity index (χ1v) is 23.6. The van der Waals surface area contributed by atoms with Crippen molar-refractivity contribution in [1.82, 2.24) is 14.5 Å². The number of nitrogens with zero attached hydrogens (tertiary/aromatic N) is 2. The van der Waals surface area contributed by atoms with Crippen LogP contribution in [0.15, 0.2) is 140 Å². The second-order valence-corrected chi connectivity index (χ2v) is 19.4. The molecule has 2 aromatic heterocycles. The van der Waals surface area contributed by atoms with E-state index in [1.165, 1.54) is 0 Å². The van der Waals surface area contributed by atoms with Gasteiger partial charge in [-0.25, -0.2) is 17.6 Å². The highest BCUT2D eigenvalue weighted by molar-refractivity contribution is 6.39. The van der Waals surface area contributed by atoms with Gasteiger partial charge in [0.05, 0.1) is 72.9 Å². The summed E-state index contributed by atoms with van der Waals surface area (Å²) in [7, 11) is 0. The van der Waals surface area contributed by atoms with Gasteiger partial charge in [-0.2, -0.15) is 0 Å². The molecule has 360 valence electrons. The van der Waals surface area contributed by atoms with Gasteiger partial charge in [0.15, 0.2) is 29.5 Å². The van der Waals surface area contributed by atoms with E-state index in [4.69, 9.17) is 18.9 Å². The molecule has 13 heteroatoms. The molecule has 0 bridgehead atoms. The van der Waals surface area contributed by atoms with Crippen molar-refractivity contribution in [2.24, 2.45) is 0 Å². The quantitative estimate of drug-likeness (QED) is 0.0914. The van der Waals surface area contributed by atoms with Crippen LogP contribution >= 0.6 is 0 Å². The molecule has 0 aliphatic carbocycles. The lowest BCUT2D eigenvalue weighted by atomic mass is 9.87. The number of carbonyl (C=O) groups is 2. The third-order valence-electron chi connectivity index (χ3n) is 13.7. The highest BCUT2D eigenvalue weighted by atomic mass is 19.2. The van der Waals surface area contributed by atoms with E-state index < -0.39 is 59.6 Å². The van der Waals surface area contributed by atoms with E-state index in [2.05, 4.69) is 25.8 Å². The van der Waals surface area contributed by atoms with Crippen molar-refractivity contribution in [2.75, 3.05) is 6.61 Å². The van der Waals surface area contributed by atoms with E-state index in [0.29, 0.717) is 12.0 Å². The monoisotopic (exact) mass is 959 g/mol. The fourth-order valence-electron chi connectivity index (χ4n) is 10.2. The Balaban J connectivity index is 1.14. The van der Waals surface area contributed by atoms with Crippen LogP contribution in [0.3, 0.4) is 0 Å². The van der Waals surface area contributed by atoms with E-state index in [9.17, 15) is 0 Å². The number of ether oxygens (including phenoxy) is 4. The number of carbonyl (C=O) groups excluding carboxylic acids is 2. The highest BCUT2D eigenvalue weighted by Gasteiger charge is 2.46. The largest absolute Gasteiger partial charge is 0.374 e. The van der Waals surface area contributed by atoms with E-state index >= 15 is 27.2 Å². The SMILES string of the molecule is CC(C)(C)c1ccc(CN2C(=O)c3c(c4c5cc(F)c(F)cc5n([C@@H]5O[C@H](COCc6ccccc6)C[C@H](OCc6ccccc6)[C@H]5OCc5ccccc5)c4c4[nH]c5cc(F)c(F)cc5c34)C2=O)cc1. The molecule has 1 N–H and O–H groups in total. The first-order chi connectivity index (χ1) is 34.3. The summed E-state index contributed by atoms with van der Waals surface area (Å²) in [6.07, 6.45) is -3.26. The average Bonchev–Trinajstić information content (AvgIpc) is 3.97. The highest BCUT2D eigenvalue weighted by Crippen LogP contribution is 2.49. The van der Waals surface area contributed by atoms with Crippen molar-refractivity contribution < 1.29 is 46.1 Å². The van der Waals surface area contributed by atoms with Gasteiger partial charge in [-0.15, -0.1) is 0 Å². The molecule has 1 fully saturated rings. The van der Waals surface area contributed by atoms with E-state index in [1.807, 2.05) is 115 Å². The lowest BCUT2D eigenvalue weighted by molar-refractivity contribution is -0.238. The fraction of sp³-hybridized carbons (Fsp3) is 0.241. The molecule has 4 atom stereocenters. The fourth-order valence-corrected chi connectivity index (χ4v) is 10.2. The summed E-state index contributed by atoms with van der Waals surface area (Å²) in [5, 5.41) is 0.474. The Hall–Kier alpha value is -7.16. The number of H-pyrrole nitrogens is 1. The molecule has 9 aromatic rings. The number of aromatic nitrogens is 2. The molecule has 11 rings (SSSR count). The Morgan fingerprint density at radius 3 is 1.80 bits per heavy atom. The molecule has 2 aliphatic rings. The number of nitrogens with one attached hydrogen (secondary N) is 1. The zero-order valence-electron chi connectivity index (χ0n) is 39.2. The maximum absolute atomic E-state index is 16.0. The van der Waals surface area contributed by atoms with Gasteiger partial charge in [-0.05, 0) is 45.4 Å². The van der Waals surface area contributed by atoms with Crippen molar-refractivity contribution in [3.63, 3.8) is 0 Å². The van der Waals surface area contributed by atoms with Crippen LogP contribution in [0.2, 0.25) is 0 Å². The molecule has 1 saturated heterocycles. The third-order valence-corrected chi connectivity index (χ3v) is 13.7. The van der Waals surface area contributed by atoms with Crippen molar-refractivity contribution in [1.29, 1.82) is 0 Å². The Labute approximate surface area is 406 Å². The molecule has 0 unspecified atom stereocenters. The van der Waals surface area contributed by atoms with Crippen LogP contribution in [0.4, 0.5) is 17.6 Å². The van der Waals surface area contributed by atoms with Gasteiger partial charge in [0.2, 0.25) is 0 Å². The predicted octanol–water partition coefficient (Wildman–Crippen LogP) is 12.8. The smallest absolute Gasteiger partial charge is 0.262 e. The van der Waals surface area contributed by atoms with Crippen LogP contribution in [0, 0.1) is 23.3 Å². The second-order valence-electron chi connectivity index (χ2n) is 19.4. The molecule has 0 saturated carbocycles. The minimum absolute atomic E-state index is 0.0810. The van der Waals surface area contributed by atoms with Crippen molar-refractivity contribution in [3.05, 3.63) is 202 Å². The van der Waals surface area contributed by atoms with Gasteiger partial charge in [-0.3, -0.25) is 14.5 Å².